The van der Waals surface area contributed by atoms with Crippen LogP contribution in [0.2, 0.25) is 0 Å². The number of anilines is 1. The molecule has 0 saturated heterocycles. The number of hydrogen-bond acceptors (Lipinski definition) is 5. The Kier molecular flexibility index (Phi) is 3.88. The molecule has 1 amide bonds. The SMILES string of the molecule is Cc1ccc(OC(C)C(=O)Nc2nnc(C3CC3)s2)cc1. The molecular formula is C15H17N3O2S. The van der Waals surface area contributed by atoms with Crippen LogP contribution in [0.3, 0.4) is 0 Å². The molecule has 0 bridgehead atoms. The predicted molar refractivity (Wildman–Crippen MR) is 81.8 cm³/mol. The first-order valence-corrected chi connectivity index (χ1v) is 7.81. The first-order valence-electron chi connectivity index (χ1n) is 6.99. The number of aromatic nitrogens is 2. The van der Waals surface area contributed by atoms with E-state index in [0.29, 0.717) is 16.8 Å². The largest absolute Gasteiger partial charge is 0.481 e. The molecule has 5 nitrogen and oxygen atoms in total. The second-order valence-electron chi connectivity index (χ2n) is 5.28. The number of nitrogens with one attached hydrogen (secondary N) is 1. The Bertz CT molecular complexity index is 635. The lowest BCUT2D eigenvalue weighted by atomic mass is 10.2. The topological polar surface area (TPSA) is 64.1 Å². The average molecular weight is 303 g/mol. The minimum Gasteiger partial charge on any atom is -0.481 e. The van der Waals surface area contributed by atoms with Crippen molar-refractivity contribution in [2.24, 2.45) is 0 Å². The number of rotatable bonds is 5. The third-order valence-corrected chi connectivity index (χ3v) is 4.30. The van der Waals surface area contributed by atoms with E-state index in [0.717, 1.165) is 10.6 Å². The molecular weight excluding hydrogens is 286 g/mol. The van der Waals surface area contributed by atoms with Crippen LogP contribution in [0.15, 0.2) is 24.3 Å². The molecule has 21 heavy (non-hydrogen) atoms. The van der Waals surface area contributed by atoms with E-state index < -0.39 is 6.10 Å². The van der Waals surface area contributed by atoms with Gasteiger partial charge in [-0.15, -0.1) is 10.2 Å². The van der Waals surface area contributed by atoms with E-state index in [1.165, 1.54) is 24.2 Å². The molecule has 110 valence electrons. The minimum absolute atomic E-state index is 0.214. The lowest BCUT2D eigenvalue weighted by Gasteiger charge is -2.13. The highest BCUT2D eigenvalue weighted by atomic mass is 32.1. The Balaban J connectivity index is 1.57. The van der Waals surface area contributed by atoms with Gasteiger partial charge >= 0.3 is 0 Å². The van der Waals surface area contributed by atoms with Crippen molar-refractivity contribution in [2.45, 2.75) is 38.7 Å². The minimum atomic E-state index is -0.582. The summed E-state index contributed by atoms with van der Waals surface area (Å²) in [6, 6.07) is 7.61. The van der Waals surface area contributed by atoms with Crippen molar-refractivity contribution in [3.8, 4) is 5.75 Å². The molecule has 3 rings (SSSR count). The summed E-state index contributed by atoms with van der Waals surface area (Å²) in [5.41, 5.74) is 1.15. The monoisotopic (exact) mass is 303 g/mol. The fourth-order valence-corrected chi connectivity index (χ4v) is 2.78. The number of hydrogen-bond donors (Lipinski definition) is 1. The Morgan fingerprint density at radius 3 is 2.71 bits per heavy atom. The van der Waals surface area contributed by atoms with E-state index in [1.807, 2.05) is 31.2 Å². The fourth-order valence-electron chi connectivity index (χ4n) is 1.86. The summed E-state index contributed by atoms with van der Waals surface area (Å²) in [4.78, 5) is 12.1. The second kappa shape index (κ2) is 5.81. The molecule has 1 aromatic carbocycles. The molecule has 0 spiro atoms. The standard InChI is InChI=1S/C15H17N3O2S/c1-9-3-7-12(8-4-9)20-10(2)13(19)16-15-18-17-14(21-15)11-5-6-11/h3-4,7-8,10-11H,5-6H2,1-2H3,(H,16,18,19). The van der Waals surface area contributed by atoms with E-state index in [-0.39, 0.29) is 5.91 Å². The summed E-state index contributed by atoms with van der Waals surface area (Å²) in [6.07, 6.45) is 1.77. The number of nitrogens with zero attached hydrogens (tertiary/aromatic N) is 2. The maximum absolute atomic E-state index is 12.1. The van der Waals surface area contributed by atoms with Crippen LogP contribution >= 0.6 is 11.3 Å². The van der Waals surface area contributed by atoms with E-state index >= 15 is 0 Å². The number of aryl methyl sites for hydroxylation is 1. The van der Waals surface area contributed by atoms with Crippen molar-refractivity contribution in [1.29, 1.82) is 0 Å². The third-order valence-electron chi connectivity index (χ3n) is 3.30. The molecule has 1 fully saturated rings. The fraction of sp³-hybridized carbons (Fsp3) is 0.400. The van der Waals surface area contributed by atoms with Crippen LogP contribution in [0.1, 0.15) is 36.3 Å². The highest BCUT2D eigenvalue weighted by Gasteiger charge is 2.28. The summed E-state index contributed by atoms with van der Waals surface area (Å²) in [7, 11) is 0. The van der Waals surface area contributed by atoms with Crippen LogP contribution < -0.4 is 10.1 Å². The quantitative estimate of drug-likeness (QED) is 0.921. The van der Waals surface area contributed by atoms with Gasteiger partial charge in [0.25, 0.3) is 5.91 Å². The van der Waals surface area contributed by atoms with Gasteiger partial charge in [0.05, 0.1) is 0 Å². The van der Waals surface area contributed by atoms with Crippen molar-refractivity contribution in [3.05, 3.63) is 34.8 Å². The second-order valence-corrected chi connectivity index (χ2v) is 6.29. The van der Waals surface area contributed by atoms with Gasteiger partial charge < -0.3 is 4.74 Å². The number of amides is 1. The van der Waals surface area contributed by atoms with Gasteiger partial charge in [-0.05, 0) is 38.8 Å². The zero-order valence-electron chi connectivity index (χ0n) is 12.0. The van der Waals surface area contributed by atoms with Crippen molar-refractivity contribution >= 4 is 22.4 Å². The Hall–Kier alpha value is -1.95. The smallest absolute Gasteiger partial charge is 0.266 e. The zero-order valence-corrected chi connectivity index (χ0v) is 12.8. The summed E-state index contributed by atoms with van der Waals surface area (Å²) >= 11 is 1.45. The Morgan fingerprint density at radius 2 is 2.05 bits per heavy atom. The Morgan fingerprint density at radius 1 is 1.33 bits per heavy atom. The average Bonchev–Trinajstić information content (AvgIpc) is 3.22. The predicted octanol–water partition coefficient (Wildman–Crippen LogP) is 3.13. The molecule has 1 heterocycles. The van der Waals surface area contributed by atoms with Crippen LogP contribution in [-0.2, 0) is 4.79 Å². The first kappa shape index (κ1) is 14.0. The number of ether oxygens (including phenoxy) is 1. The van der Waals surface area contributed by atoms with Crippen LogP contribution in [0, 0.1) is 6.92 Å². The van der Waals surface area contributed by atoms with E-state index in [9.17, 15) is 4.79 Å². The molecule has 1 saturated carbocycles. The van der Waals surface area contributed by atoms with Crippen LogP contribution in [-0.4, -0.2) is 22.2 Å². The summed E-state index contributed by atoms with van der Waals surface area (Å²) in [5, 5.41) is 12.4. The molecule has 2 aromatic rings. The highest BCUT2D eigenvalue weighted by Crippen LogP contribution is 2.42. The van der Waals surface area contributed by atoms with Crippen molar-refractivity contribution in [3.63, 3.8) is 0 Å². The van der Waals surface area contributed by atoms with Crippen molar-refractivity contribution in [2.75, 3.05) is 5.32 Å². The van der Waals surface area contributed by atoms with Gasteiger partial charge in [-0.2, -0.15) is 0 Å². The van der Waals surface area contributed by atoms with Crippen molar-refractivity contribution < 1.29 is 9.53 Å². The van der Waals surface area contributed by atoms with Gasteiger partial charge in [0.2, 0.25) is 5.13 Å². The first-order chi connectivity index (χ1) is 10.1. The van der Waals surface area contributed by atoms with Crippen LogP contribution in [0.4, 0.5) is 5.13 Å². The maximum atomic E-state index is 12.1. The number of carbonyl (C=O) groups excluding carboxylic acids is 1. The lowest BCUT2D eigenvalue weighted by molar-refractivity contribution is -0.122. The van der Waals surface area contributed by atoms with Crippen LogP contribution in [0.25, 0.3) is 0 Å². The van der Waals surface area contributed by atoms with E-state index in [4.69, 9.17) is 4.74 Å². The Labute approximate surface area is 127 Å². The lowest BCUT2D eigenvalue weighted by Crippen LogP contribution is -2.30. The van der Waals surface area contributed by atoms with Crippen molar-refractivity contribution in [1.82, 2.24) is 10.2 Å². The van der Waals surface area contributed by atoms with Gasteiger partial charge in [0.1, 0.15) is 10.8 Å². The molecule has 0 radical (unpaired) electrons. The molecule has 1 N–H and O–H groups in total. The molecule has 6 heteroatoms. The molecule has 1 aliphatic rings. The van der Waals surface area contributed by atoms with Gasteiger partial charge in [-0.1, -0.05) is 29.0 Å². The summed E-state index contributed by atoms with van der Waals surface area (Å²) in [5.74, 6) is 1.02. The van der Waals surface area contributed by atoms with E-state index in [1.54, 1.807) is 6.92 Å². The number of benzene rings is 1. The van der Waals surface area contributed by atoms with Gasteiger partial charge in [0.15, 0.2) is 6.10 Å². The molecule has 1 aliphatic carbocycles. The van der Waals surface area contributed by atoms with Crippen LogP contribution in [0.5, 0.6) is 5.75 Å². The highest BCUT2D eigenvalue weighted by molar-refractivity contribution is 7.15. The summed E-state index contributed by atoms with van der Waals surface area (Å²) < 4.78 is 5.61. The maximum Gasteiger partial charge on any atom is 0.266 e. The molecule has 0 aliphatic heterocycles. The normalized spacial score (nSPS) is 15.5. The molecule has 1 unspecified atom stereocenters. The van der Waals surface area contributed by atoms with Gasteiger partial charge in [-0.25, -0.2) is 0 Å². The van der Waals surface area contributed by atoms with Gasteiger partial charge in [0, 0.05) is 5.92 Å². The third kappa shape index (κ3) is 3.58. The zero-order chi connectivity index (χ0) is 14.8. The molecule has 1 atom stereocenters. The van der Waals surface area contributed by atoms with Gasteiger partial charge in [-0.3, -0.25) is 10.1 Å². The van der Waals surface area contributed by atoms with E-state index in [2.05, 4.69) is 15.5 Å². The number of carbonyl (C=O) groups is 1. The molecule has 1 aromatic heterocycles. The summed E-state index contributed by atoms with van der Waals surface area (Å²) in [6.45, 7) is 3.73.